The predicted octanol–water partition coefficient (Wildman–Crippen LogP) is 3.91. The lowest BCUT2D eigenvalue weighted by Gasteiger charge is -2.29. The van der Waals surface area contributed by atoms with Gasteiger partial charge in [0.05, 0.1) is 6.20 Å². The summed E-state index contributed by atoms with van der Waals surface area (Å²) in [6.07, 6.45) is 8.40. The minimum Gasteiger partial charge on any atom is -0.441 e. The number of benzene rings is 1. The van der Waals surface area contributed by atoms with Crippen molar-refractivity contribution in [1.29, 1.82) is 0 Å². The second kappa shape index (κ2) is 10.1. The van der Waals surface area contributed by atoms with Gasteiger partial charge in [0, 0.05) is 36.5 Å². The molecular formula is C20H27Cl2N3O2. The van der Waals surface area contributed by atoms with Gasteiger partial charge in [-0.1, -0.05) is 30.3 Å². The molecule has 3 heterocycles. The van der Waals surface area contributed by atoms with Crippen LogP contribution in [0.3, 0.4) is 0 Å². The average Bonchev–Trinajstić information content (AvgIpc) is 3.22. The summed E-state index contributed by atoms with van der Waals surface area (Å²) in [6.45, 7) is 0. The Labute approximate surface area is 172 Å². The van der Waals surface area contributed by atoms with Gasteiger partial charge in [0.15, 0.2) is 11.7 Å². The van der Waals surface area contributed by atoms with Gasteiger partial charge in [-0.25, -0.2) is 4.98 Å². The molecule has 27 heavy (non-hydrogen) atoms. The summed E-state index contributed by atoms with van der Waals surface area (Å²) in [4.78, 5) is 16.5. The number of rotatable bonds is 6. The Morgan fingerprint density at radius 2 is 1.85 bits per heavy atom. The maximum absolute atomic E-state index is 12.2. The molecule has 0 spiro atoms. The predicted molar refractivity (Wildman–Crippen MR) is 110 cm³/mol. The van der Waals surface area contributed by atoms with Crippen molar-refractivity contribution in [3.05, 3.63) is 42.4 Å². The zero-order chi connectivity index (χ0) is 17.1. The number of oxazole rings is 1. The molecule has 7 heteroatoms. The molecule has 5 nitrogen and oxygen atoms in total. The van der Waals surface area contributed by atoms with Crippen molar-refractivity contribution in [2.75, 3.05) is 0 Å². The molecule has 1 aromatic carbocycles. The van der Waals surface area contributed by atoms with Crippen molar-refractivity contribution in [3.8, 4) is 11.3 Å². The molecule has 148 valence electrons. The molecule has 1 aromatic heterocycles. The van der Waals surface area contributed by atoms with E-state index in [2.05, 4.69) is 15.6 Å². The van der Waals surface area contributed by atoms with Gasteiger partial charge < -0.3 is 15.1 Å². The van der Waals surface area contributed by atoms with Gasteiger partial charge in [0.25, 0.3) is 0 Å². The van der Waals surface area contributed by atoms with Crippen molar-refractivity contribution in [2.24, 2.45) is 0 Å². The van der Waals surface area contributed by atoms with Crippen molar-refractivity contribution in [2.45, 2.75) is 63.1 Å². The molecule has 0 aliphatic carbocycles. The number of amides is 1. The van der Waals surface area contributed by atoms with Crippen LogP contribution < -0.4 is 10.6 Å². The highest BCUT2D eigenvalue weighted by atomic mass is 35.5. The number of fused-ring (bicyclic) bond motifs is 2. The Balaban J connectivity index is 0.00000131. The van der Waals surface area contributed by atoms with E-state index in [0.29, 0.717) is 36.9 Å². The first-order chi connectivity index (χ1) is 12.3. The number of carbonyl (C=O) groups is 1. The third kappa shape index (κ3) is 5.71. The summed E-state index contributed by atoms with van der Waals surface area (Å²) in [6, 6.07) is 11.5. The zero-order valence-electron chi connectivity index (χ0n) is 15.2. The second-order valence-corrected chi connectivity index (χ2v) is 7.21. The SMILES string of the molecule is Cl.Cl.O=C(CCCc1ncc(-c2ccccc2)o1)NC1CC2CCC(C1)N2. The maximum atomic E-state index is 12.2. The molecule has 2 N–H and O–H groups in total. The van der Waals surface area contributed by atoms with E-state index >= 15 is 0 Å². The van der Waals surface area contributed by atoms with Crippen LogP contribution in [0.5, 0.6) is 0 Å². The van der Waals surface area contributed by atoms with Gasteiger partial charge in [0.1, 0.15) is 0 Å². The van der Waals surface area contributed by atoms with E-state index in [1.54, 1.807) is 6.20 Å². The normalized spacial score (nSPS) is 23.2. The number of aryl methyl sites for hydroxylation is 1. The number of aromatic nitrogens is 1. The molecule has 2 aliphatic rings. The third-order valence-electron chi connectivity index (χ3n) is 5.24. The molecule has 2 bridgehead atoms. The molecule has 2 atom stereocenters. The van der Waals surface area contributed by atoms with Crippen molar-refractivity contribution in [3.63, 3.8) is 0 Å². The third-order valence-corrected chi connectivity index (χ3v) is 5.24. The zero-order valence-corrected chi connectivity index (χ0v) is 16.9. The van der Waals surface area contributed by atoms with Crippen molar-refractivity contribution < 1.29 is 9.21 Å². The van der Waals surface area contributed by atoms with E-state index in [9.17, 15) is 4.79 Å². The molecule has 2 aromatic rings. The van der Waals surface area contributed by atoms with E-state index in [0.717, 1.165) is 30.6 Å². The van der Waals surface area contributed by atoms with Crippen LogP contribution in [0.1, 0.15) is 44.4 Å². The van der Waals surface area contributed by atoms with Gasteiger partial charge >= 0.3 is 0 Å². The highest BCUT2D eigenvalue weighted by Gasteiger charge is 2.33. The van der Waals surface area contributed by atoms with Crippen molar-refractivity contribution >= 4 is 30.7 Å². The summed E-state index contributed by atoms with van der Waals surface area (Å²) >= 11 is 0. The van der Waals surface area contributed by atoms with Crippen LogP contribution in [-0.4, -0.2) is 29.0 Å². The Kier molecular flexibility index (Phi) is 8.14. The topological polar surface area (TPSA) is 67.2 Å². The van der Waals surface area contributed by atoms with Gasteiger partial charge in [0.2, 0.25) is 5.91 Å². The number of hydrogen-bond acceptors (Lipinski definition) is 4. The quantitative estimate of drug-likeness (QED) is 0.755. The second-order valence-electron chi connectivity index (χ2n) is 7.21. The van der Waals surface area contributed by atoms with Gasteiger partial charge in [-0.05, 0) is 32.1 Å². The molecule has 2 saturated heterocycles. The van der Waals surface area contributed by atoms with Crippen molar-refractivity contribution in [1.82, 2.24) is 15.6 Å². The fourth-order valence-electron chi connectivity index (χ4n) is 4.04. The van der Waals surface area contributed by atoms with Crippen LogP contribution in [-0.2, 0) is 11.2 Å². The minimum atomic E-state index is 0. The minimum absolute atomic E-state index is 0. The largest absolute Gasteiger partial charge is 0.441 e. The van der Waals surface area contributed by atoms with Crippen LogP contribution in [0.2, 0.25) is 0 Å². The van der Waals surface area contributed by atoms with Crippen LogP contribution in [0.15, 0.2) is 40.9 Å². The smallest absolute Gasteiger partial charge is 0.220 e. The standard InChI is InChI=1S/C20H25N3O2.2ClH/c24-19(23-17-11-15-9-10-16(12-17)22-15)7-4-8-20-21-13-18(25-20)14-5-2-1-3-6-14;;/h1-3,5-6,13,15-17,22H,4,7-12H2,(H,23,24);2*1H. The lowest BCUT2D eigenvalue weighted by Crippen LogP contribution is -2.48. The lowest BCUT2D eigenvalue weighted by molar-refractivity contribution is -0.122. The first-order valence-corrected chi connectivity index (χ1v) is 9.32. The number of carbonyl (C=O) groups excluding carboxylic acids is 1. The maximum Gasteiger partial charge on any atom is 0.220 e. The molecule has 2 fully saturated rings. The number of piperidine rings is 1. The van der Waals surface area contributed by atoms with E-state index in [1.807, 2.05) is 30.3 Å². The fraction of sp³-hybridized carbons (Fsp3) is 0.500. The Morgan fingerprint density at radius 3 is 2.56 bits per heavy atom. The Morgan fingerprint density at radius 1 is 1.15 bits per heavy atom. The number of hydrogen-bond donors (Lipinski definition) is 2. The van der Waals surface area contributed by atoms with Gasteiger partial charge in [-0.2, -0.15) is 0 Å². The van der Waals surface area contributed by atoms with Gasteiger partial charge in [-0.3, -0.25) is 4.79 Å². The lowest BCUT2D eigenvalue weighted by atomic mass is 9.99. The highest BCUT2D eigenvalue weighted by Crippen LogP contribution is 2.27. The van der Waals surface area contributed by atoms with Crippen LogP contribution >= 0.6 is 24.8 Å². The van der Waals surface area contributed by atoms with Crippen LogP contribution in [0, 0.1) is 0 Å². The highest BCUT2D eigenvalue weighted by molar-refractivity contribution is 5.85. The van der Waals surface area contributed by atoms with E-state index in [-0.39, 0.29) is 30.7 Å². The Bertz CT molecular complexity index is 711. The summed E-state index contributed by atoms with van der Waals surface area (Å²) in [7, 11) is 0. The molecule has 2 aliphatic heterocycles. The fourth-order valence-corrected chi connectivity index (χ4v) is 4.04. The number of nitrogens with zero attached hydrogens (tertiary/aromatic N) is 1. The summed E-state index contributed by atoms with van der Waals surface area (Å²) < 4.78 is 5.79. The number of halogens is 2. The van der Waals surface area contributed by atoms with E-state index in [4.69, 9.17) is 4.42 Å². The monoisotopic (exact) mass is 411 g/mol. The molecule has 0 radical (unpaired) electrons. The summed E-state index contributed by atoms with van der Waals surface area (Å²) in [5.74, 6) is 1.64. The molecule has 0 saturated carbocycles. The van der Waals surface area contributed by atoms with Gasteiger partial charge in [-0.15, -0.1) is 24.8 Å². The summed E-state index contributed by atoms with van der Waals surface area (Å²) in [5.41, 5.74) is 1.03. The van der Waals surface area contributed by atoms with E-state index in [1.165, 1.54) is 12.8 Å². The number of nitrogens with one attached hydrogen (secondary N) is 2. The van der Waals surface area contributed by atoms with E-state index < -0.39 is 0 Å². The molecular weight excluding hydrogens is 385 g/mol. The average molecular weight is 412 g/mol. The molecule has 4 rings (SSSR count). The van der Waals surface area contributed by atoms with Crippen LogP contribution in [0.4, 0.5) is 0 Å². The first-order valence-electron chi connectivity index (χ1n) is 9.32. The Hall–Kier alpha value is -1.56. The molecule has 1 amide bonds. The first kappa shape index (κ1) is 21.7. The van der Waals surface area contributed by atoms with Crippen LogP contribution in [0.25, 0.3) is 11.3 Å². The summed E-state index contributed by atoms with van der Waals surface area (Å²) in [5, 5.41) is 6.81. The molecule has 2 unspecified atom stereocenters.